The summed E-state index contributed by atoms with van der Waals surface area (Å²) in [6, 6.07) is 8.26. The molecular weight excluding hydrogens is 385 g/mol. The molecule has 25 heavy (non-hydrogen) atoms. The Balaban J connectivity index is 1.69. The Labute approximate surface area is 157 Å². The number of nitrogens with two attached hydrogens (primary N) is 1. The number of rotatable bonds is 5. The van der Waals surface area contributed by atoms with Gasteiger partial charge in [0.1, 0.15) is 0 Å². The number of aromatic nitrogens is 3. The molecule has 0 unspecified atom stereocenters. The largest absolute Gasteiger partial charge is 0.461 e. The molecule has 0 aliphatic rings. The Morgan fingerprint density at radius 1 is 1.32 bits per heavy atom. The van der Waals surface area contributed by atoms with Crippen molar-refractivity contribution in [2.45, 2.75) is 17.3 Å². The third-order valence-corrected chi connectivity index (χ3v) is 4.68. The molecule has 130 valence electrons. The van der Waals surface area contributed by atoms with Crippen molar-refractivity contribution in [3.05, 3.63) is 46.6 Å². The van der Waals surface area contributed by atoms with E-state index in [1.165, 1.54) is 22.7 Å². The van der Waals surface area contributed by atoms with Crippen LogP contribution in [0.25, 0.3) is 11.6 Å². The quantitative estimate of drug-likeness (QED) is 0.503. The Bertz CT molecular complexity index is 877. The predicted molar refractivity (Wildman–Crippen MR) is 98.3 cm³/mol. The lowest BCUT2D eigenvalue weighted by molar-refractivity contribution is -0.115. The summed E-state index contributed by atoms with van der Waals surface area (Å²) in [6.07, 6.45) is 1.52. The molecule has 0 fully saturated rings. The predicted octanol–water partition coefficient (Wildman–Crippen LogP) is 3.68. The molecule has 0 saturated carbocycles. The summed E-state index contributed by atoms with van der Waals surface area (Å²) in [7, 11) is 0. The second kappa shape index (κ2) is 7.38. The first-order chi connectivity index (χ1) is 11.9. The number of hydrogen-bond acceptors (Lipinski definition) is 6. The zero-order valence-corrected chi connectivity index (χ0v) is 15.3. The summed E-state index contributed by atoms with van der Waals surface area (Å²) in [5, 5.41) is 11.5. The van der Waals surface area contributed by atoms with Crippen LogP contribution >= 0.6 is 35.0 Å². The number of nitrogen functional groups attached to an aromatic ring is 1. The van der Waals surface area contributed by atoms with Crippen molar-refractivity contribution in [2.75, 3.05) is 11.2 Å². The lowest BCUT2D eigenvalue weighted by Crippen LogP contribution is -2.23. The molecule has 0 spiro atoms. The van der Waals surface area contributed by atoms with Gasteiger partial charge in [-0.2, -0.15) is 0 Å². The van der Waals surface area contributed by atoms with Gasteiger partial charge in [-0.25, -0.2) is 4.68 Å². The molecule has 2 heterocycles. The molecule has 1 atom stereocenters. The first-order valence-corrected chi connectivity index (χ1v) is 8.75. The van der Waals surface area contributed by atoms with Crippen LogP contribution < -0.4 is 11.2 Å². The fourth-order valence-electron chi connectivity index (χ4n) is 2.01. The zero-order chi connectivity index (χ0) is 18.0. The van der Waals surface area contributed by atoms with Crippen LogP contribution in [0.5, 0.6) is 0 Å². The molecule has 0 bridgehead atoms. The van der Waals surface area contributed by atoms with Crippen molar-refractivity contribution in [3.63, 3.8) is 0 Å². The number of anilines is 1. The number of nitrogens with zero attached hydrogens (tertiary/aromatic N) is 3. The Morgan fingerprint density at radius 3 is 2.68 bits per heavy atom. The molecule has 0 aliphatic heterocycles. The topological polar surface area (TPSA) is 99.0 Å². The monoisotopic (exact) mass is 397 g/mol. The van der Waals surface area contributed by atoms with Crippen molar-refractivity contribution >= 4 is 46.6 Å². The van der Waals surface area contributed by atoms with Gasteiger partial charge in [0.15, 0.2) is 5.76 Å². The van der Waals surface area contributed by atoms with Crippen LogP contribution in [0, 0.1) is 0 Å². The molecular formula is C15H13Cl2N5O2S. The van der Waals surface area contributed by atoms with E-state index in [1.54, 1.807) is 37.3 Å². The van der Waals surface area contributed by atoms with Gasteiger partial charge in [-0.15, -0.1) is 10.2 Å². The summed E-state index contributed by atoms with van der Waals surface area (Å²) < 4.78 is 6.53. The average Bonchev–Trinajstić information content (AvgIpc) is 3.17. The maximum Gasteiger partial charge on any atom is 0.237 e. The van der Waals surface area contributed by atoms with Gasteiger partial charge in [-0.1, -0.05) is 35.0 Å². The van der Waals surface area contributed by atoms with Crippen LogP contribution in [0.2, 0.25) is 10.0 Å². The summed E-state index contributed by atoms with van der Waals surface area (Å²) >= 11 is 13.0. The Morgan fingerprint density at radius 2 is 2.04 bits per heavy atom. The number of benzene rings is 1. The van der Waals surface area contributed by atoms with Gasteiger partial charge in [-0.05, 0) is 37.3 Å². The highest BCUT2D eigenvalue weighted by Crippen LogP contribution is 2.27. The van der Waals surface area contributed by atoms with E-state index < -0.39 is 5.25 Å². The van der Waals surface area contributed by atoms with Crippen molar-refractivity contribution in [2.24, 2.45) is 0 Å². The summed E-state index contributed by atoms with van der Waals surface area (Å²) in [5.41, 5.74) is 0.514. The van der Waals surface area contributed by atoms with E-state index in [0.717, 1.165) is 0 Å². The normalized spacial score (nSPS) is 12.1. The number of furan rings is 1. The van der Waals surface area contributed by atoms with Gasteiger partial charge < -0.3 is 15.6 Å². The number of amides is 1. The molecule has 0 radical (unpaired) electrons. The van der Waals surface area contributed by atoms with Crippen LogP contribution in [-0.4, -0.2) is 26.0 Å². The second-order valence-corrected chi connectivity index (χ2v) is 7.24. The number of hydrogen-bond donors (Lipinski definition) is 2. The van der Waals surface area contributed by atoms with Crippen molar-refractivity contribution < 1.29 is 9.21 Å². The molecule has 10 heteroatoms. The highest BCUT2D eigenvalue weighted by Gasteiger charge is 2.21. The molecule has 7 nitrogen and oxygen atoms in total. The van der Waals surface area contributed by atoms with Gasteiger partial charge in [0.25, 0.3) is 0 Å². The SMILES string of the molecule is C[C@@H](Sc1nnc(-c2ccco2)n1N)C(=O)Nc1cc(Cl)cc(Cl)c1. The fourth-order valence-corrected chi connectivity index (χ4v) is 3.31. The van der Waals surface area contributed by atoms with E-state index in [1.807, 2.05) is 0 Å². The number of thioether (sulfide) groups is 1. The molecule has 1 aromatic carbocycles. The fraction of sp³-hybridized carbons (Fsp3) is 0.133. The maximum absolute atomic E-state index is 12.4. The average molecular weight is 398 g/mol. The Kier molecular flexibility index (Phi) is 5.22. The highest BCUT2D eigenvalue weighted by atomic mass is 35.5. The van der Waals surface area contributed by atoms with Crippen LogP contribution in [-0.2, 0) is 4.79 Å². The third kappa shape index (κ3) is 4.09. The number of carbonyl (C=O) groups excluding carboxylic acids is 1. The molecule has 2 aromatic heterocycles. The van der Waals surface area contributed by atoms with Crippen LogP contribution in [0.3, 0.4) is 0 Å². The minimum Gasteiger partial charge on any atom is -0.461 e. The van der Waals surface area contributed by atoms with Crippen molar-refractivity contribution in [1.82, 2.24) is 14.9 Å². The standard InChI is InChI=1S/C15H13Cl2N5O2S/c1-8(14(23)19-11-6-9(16)5-10(17)7-11)25-15-21-20-13(22(15)18)12-3-2-4-24-12/h2-8H,18H2,1H3,(H,19,23)/t8-/m1/s1. The lowest BCUT2D eigenvalue weighted by atomic mass is 10.3. The van der Waals surface area contributed by atoms with Gasteiger partial charge >= 0.3 is 0 Å². The van der Waals surface area contributed by atoms with E-state index in [-0.39, 0.29) is 5.91 Å². The third-order valence-electron chi connectivity index (χ3n) is 3.19. The first kappa shape index (κ1) is 17.7. The van der Waals surface area contributed by atoms with Crippen LogP contribution in [0.4, 0.5) is 5.69 Å². The molecule has 0 saturated heterocycles. The van der Waals surface area contributed by atoms with E-state index in [4.69, 9.17) is 33.5 Å². The number of nitrogens with one attached hydrogen (secondary N) is 1. The highest BCUT2D eigenvalue weighted by molar-refractivity contribution is 8.00. The van der Waals surface area contributed by atoms with Gasteiger partial charge in [0.05, 0.1) is 11.5 Å². The minimum absolute atomic E-state index is 0.245. The van der Waals surface area contributed by atoms with Crippen molar-refractivity contribution in [1.29, 1.82) is 0 Å². The van der Waals surface area contributed by atoms with Gasteiger partial charge in [-0.3, -0.25) is 4.79 Å². The summed E-state index contributed by atoms with van der Waals surface area (Å²) in [5.74, 6) is 6.60. The maximum atomic E-state index is 12.4. The molecule has 3 aromatic rings. The number of carbonyl (C=O) groups is 1. The van der Waals surface area contributed by atoms with Crippen LogP contribution in [0.1, 0.15) is 6.92 Å². The van der Waals surface area contributed by atoms with Gasteiger partial charge in [0.2, 0.25) is 16.9 Å². The number of halogens is 2. The molecule has 3 rings (SSSR count). The minimum atomic E-state index is -0.478. The van der Waals surface area contributed by atoms with Crippen molar-refractivity contribution in [3.8, 4) is 11.6 Å². The molecule has 0 aliphatic carbocycles. The van der Waals surface area contributed by atoms with Gasteiger partial charge in [0, 0.05) is 15.7 Å². The van der Waals surface area contributed by atoms with E-state index in [0.29, 0.717) is 32.5 Å². The van der Waals surface area contributed by atoms with E-state index >= 15 is 0 Å². The summed E-state index contributed by atoms with van der Waals surface area (Å²) in [4.78, 5) is 12.4. The summed E-state index contributed by atoms with van der Waals surface area (Å²) in [6.45, 7) is 1.73. The van der Waals surface area contributed by atoms with E-state index in [2.05, 4.69) is 15.5 Å². The molecule has 1 amide bonds. The zero-order valence-electron chi connectivity index (χ0n) is 12.9. The smallest absolute Gasteiger partial charge is 0.237 e. The molecule has 3 N–H and O–H groups in total. The lowest BCUT2D eigenvalue weighted by Gasteiger charge is -2.12. The van der Waals surface area contributed by atoms with E-state index in [9.17, 15) is 4.79 Å². The van der Waals surface area contributed by atoms with Crippen LogP contribution in [0.15, 0.2) is 46.2 Å². The first-order valence-electron chi connectivity index (χ1n) is 7.12. The second-order valence-electron chi connectivity index (χ2n) is 5.06. The Hall–Kier alpha value is -2.16.